The fourth-order valence-electron chi connectivity index (χ4n) is 2.76. The topological polar surface area (TPSA) is 52.7 Å². The van der Waals surface area contributed by atoms with E-state index < -0.39 is 0 Å². The standard InChI is InChI=1S/C12H25N3O/c1-10-7-14(2)5-6-15(10)8-12(13,9-16)11-3-4-11/h10-11,16H,3-9,13H2,1-2H3. The Hall–Kier alpha value is -0.160. The maximum absolute atomic E-state index is 9.50. The SMILES string of the molecule is CC1CN(C)CCN1CC(N)(CO)C1CC1. The van der Waals surface area contributed by atoms with Gasteiger partial charge in [-0.2, -0.15) is 0 Å². The second-order valence-corrected chi connectivity index (χ2v) is 5.75. The molecule has 3 N–H and O–H groups in total. The van der Waals surface area contributed by atoms with Crippen LogP contribution in [0.1, 0.15) is 19.8 Å². The van der Waals surface area contributed by atoms with Gasteiger partial charge < -0.3 is 15.7 Å². The van der Waals surface area contributed by atoms with Gasteiger partial charge in [-0.05, 0) is 32.7 Å². The van der Waals surface area contributed by atoms with Gasteiger partial charge in [-0.1, -0.05) is 0 Å². The van der Waals surface area contributed by atoms with Crippen LogP contribution in [-0.2, 0) is 0 Å². The summed E-state index contributed by atoms with van der Waals surface area (Å²) < 4.78 is 0. The van der Waals surface area contributed by atoms with Gasteiger partial charge in [0.1, 0.15) is 0 Å². The third-order valence-electron chi connectivity index (χ3n) is 4.15. The van der Waals surface area contributed by atoms with E-state index in [0.29, 0.717) is 12.0 Å². The van der Waals surface area contributed by atoms with E-state index in [1.54, 1.807) is 0 Å². The molecular formula is C12H25N3O. The first-order chi connectivity index (χ1) is 7.55. The summed E-state index contributed by atoms with van der Waals surface area (Å²) in [6.45, 7) is 6.51. The zero-order valence-electron chi connectivity index (χ0n) is 10.5. The minimum Gasteiger partial charge on any atom is -0.394 e. The van der Waals surface area contributed by atoms with Crippen molar-refractivity contribution >= 4 is 0 Å². The summed E-state index contributed by atoms with van der Waals surface area (Å²) in [5.41, 5.74) is 5.97. The largest absolute Gasteiger partial charge is 0.394 e. The van der Waals surface area contributed by atoms with Crippen molar-refractivity contribution in [2.45, 2.75) is 31.3 Å². The lowest BCUT2D eigenvalue weighted by atomic mass is 9.94. The number of hydrogen-bond acceptors (Lipinski definition) is 4. The molecule has 1 aliphatic heterocycles. The fourth-order valence-corrected chi connectivity index (χ4v) is 2.76. The van der Waals surface area contributed by atoms with Gasteiger partial charge in [0.15, 0.2) is 0 Å². The summed E-state index contributed by atoms with van der Waals surface area (Å²) in [6, 6.07) is 0.548. The molecule has 0 amide bonds. The van der Waals surface area contributed by atoms with Crippen LogP contribution in [0.3, 0.4) is 0 Å². The van der Waals surface area contributed by atoms with Crippen LogP contribution in [-0.4, -0.2) is 66.3 Å². The molecule has 1 heterocycles. The molecule has 4 heteroatoms. The molecule has 16 heavy (non-hydrogen) atoms. The predicted octanol–water partition coefficient (Wildman–Crippen LogP) is -0.278. The highest BCUT2D eigenvalue weighted by molar-refractivity contribution is 5.01. The van der Waals surface area contributed by atoms with Crippen molar-refractivity contribution in [1.29, 1.82) is 0 Å². The molecule has 0 bridgehead atoms. The number of aliphatic hydroxyl groups excluding tert-OH is 1. The zero-order chi connectivity index (χ0) is 11.8. The van der Waals surface area contributed by atoms with E-state index >= 15 is 0 Å². The van der Waals surface area contributed by atoms with E-state index in [4.69, 9.17) is 5.73 Å². The Morgan fingerprint density at radius 1 is 1.38 bits per heavy atom. The Bertz CT molecular complexity index is 244. The van der Waals surface area contributed by atoms with Crippen LogP contribution in [0.15, 0.2) is 0 Å². The van der Waals surface area contributed by atoms with Gasteiger partial charge >= 0.3 is 0 Å². The van der Waals surface area contributed by atoms with Crippen LogP contribution >= 0.6 is 0 Å². The quantitative estimate of drug-likeness (QED) is 0.694. The van der Waals surface area contributed by atoms with Crippen LogP contribution in [0.4, 0.5) is 0 Å². The molecule has 2 unspecified atom stereocenters. The number of nitrogens with zero attached hydrogens (tertiary/aromatic N) is 2. The Morgan fingerprint density at radius 2 is 2.06 bits per heavy atom. The Labute approximate surface area is 98.4 Å². The number of hydrogen-bond donors (Lipinski definition) is 2. The molecule has 4 nitrogen and oxygen atoms in total. The third kappa shape index (κ3) is 2.56. The first-order valence-corrected chi connectivity index (χ1v) is 6.37. The van der Waals surface area contributed by atoms with E-state index in [1.165, 1.54) is 12.8 Å². The number of piperazine rings is 1. The van der Waals surface area contributed by atoms with Gasteiger partial charge in [0, 0.05) is 32.2 Å². The molecule has 0 aromatic heterocycles. The van der Waals surface area contributed by atoms with Gasteiger partial charge in [0.2, 0.25) is 0 Å². The van der Waals surface area contributed by atoms with E-state index in [9.17, 15) is 5.11 Å². The van der Waals surface area contributed by atoms with Gasteiger partial charge in [0.05, 0.1) is 12.1 Å². The summed E-state index contributed by atoms with van der Waals surface area (Å²) in [4.78, 5) is 4.80. The summed E-state index contributed by atoms with van der Waals surface area (Å²) in [5.74, 6) is 0.546. The van der Waals surface area contributed by atoms with Crippen molar-refractivity contribution < 1.29 is 5.11 Å². The van der Waals surface area contributed by atoms with Crippen molar-refractivity contribution in [2.75, 3.05) is 39.8 Å². The zero-order valence-corrected chi connectivity index (χ0v) is 10.5. The second kappa shape index (κ2) is 4.61. The maximum Gasteiger partial charge on any atom is 0.0626 e. The number of nitrogens with two attached hydrogens (primary N) is 1. The molecule has 2 rings (SSSR count). The van der Waals surface area contributed by atoms with Gasteiger partial charge in [-0.15, -0.1) is 0 Å². The van der Waals surface area contributed by atoms with E-state index in [-0.39, 0.29) is 12.1 Å². The number of rotatable bonds is 4. The minimum atomic E-state index is -0.357. The van der Waals surface area contributed by atoms with Gasteiger partial charge in [0.25, 0.3) is 0 Å². The molecule has 1 saturated heterocycles. The van der Waals surface area contributed by atoms with E-state index in [0.717, 1.165) is 26.2 Å². The normalized spacial score (nSPS) is 32.6. The molecule has 1 aliphatic carbocycles. The molecule has 2 atom stereocenters. The molecule has 2 fully saturated rings. The van der Waals surface area contributed by atoms with Crippen molar-refractivity contribution in [3.05, 3.63) is 0 Å². The molecule has 2 aliphatic rings. The van der Waals surface area contributed by atoms with Crippen LogP contribution < -0.4 is 5.73 Å². The average Bonchev–Trinajstić information content (AvgIpc) is 3.06. The van der Waals surface area contributed by atoms with Crippen LogP contribution in [0.25, 0.3) is 0 Å². The lowest BCUT2D eigenvalue weighted by Gasteiger charge is -2.42. The van der Waals surface area contributed by atoms with Crippen molar-refractivity contribution in [3.8, 4) is 0 Å². The predicted molar refractivity (Wildman–Crippen MR) is 65.3 cm³/mol. The molecule has 0 aromatic carbocycles. The van der Waals surface area contributed by atoms with E-state index in [2.05, 4.69) is 23.8 Å². The third-order valence-corrected chi connectivity index (χ3v) is 4.15. The smallest absolute Gasteiger partial charge is 0.0626 e. The lowest BCUT2D eigenvalue weighted by Crippen LogP contribution is -2.60. The molecule has 0 radical (unpaired) electrons. The highest BCUT2D eigenvalue weighted by Crippen LogP contribution is 2.38. The Kier molecular flexibility index (Phi) is 3.54. The van der Waals surface area contributed by atoms with Crippen LogP contribution in [0, 0.1) is 5.92 Å². The first kappa shape index (κ1) is 12.3. The summed E-state index contributed by atoms with van der Waals surface area (Å²) in [7, 11) is 2.16. The molecule has 0 spiro atoms. The van der Waals surface area contributed by atoms with E-state index in [1.807, 2.05) is 0 Å². The summed E-state index contributed by atoms with van der Waals surface area (Å²) in [5, 5.41) is 9.50. The van der Waals surface area contributed by atoms with Crippen LogP contribution in [0.5, 0.6) is 0 Å². The number of aliphatic hydroxyl groups is 1. The lowest BCUT2D eigenvalue weighted by molar-refractivity contribution is 0.0532. The maximum atomic E-state index is 9.50. The summed E-state index contributed by atoms with van der Waals surface area (Å²) >= 11 is 0. The highest BCUT2D eigenvalue weighted by atomic mass is 16.3. The first-order valence-electron chi connectivity index (χ1n) is 6.37. The Morgan fingerprint density at radius 3 is 2.56 bits per heavy atom. The Balaban J connectivity index is 1.92. The van der Waals surface area contributed by atoms with Crippen molar-refractivity contribution in [2.24, 2.45) is 11.7 Å². The van der Waals surface area contributed by atoms with Crippen molar-refractivity contribution in [1.82, 2.24) is 9.80 Å². The second-order valence-electron chi connectivity index (χ2n) is 5.75. The highest BCUT2D eigenvalue weighted by Gasteiger charge is 2.43. The molecule has 0 aromatic rings. The van der Waals surface area contributed by atoms with Crippen LogP contribution in [0.2, 0.25) is 0 Å². The fraction of sp³-hybridized carbons (Fsp3) is 1.00. The monoisotopic (exact) mass is 227 g/mol. The average molecular weight is 227 g/mol. The van der Waals surface area contributed by atoms with Gasteiger partial charge in [-0.3, -0.25) is 4.90 Å². The van der Waals surface area contributed by atoms with Gasteiger partial charge in [-0.25, -0.2) is 0 Å². The van der Waals surface area contributed by atoms with Crippen molar-refractivity contribution in [3.63, 3.8) is 0 Å². The molecular weight excluding hydrogens is 202 g/mol. The molecule has 1 saturated carbocycles. The minimum absolute atomic E-state index is 0.122. The molecule has 94 valence electrons. The number of likely N-dealkylation sites (N-methyl/N-ethyl adjacent to an activating group) is 1. The summed E-state index contributed by atoms with van der Waals surface area (Å²) in [6.07, 6.45) is 2.39.